The van der Waals surface area contributed by atoms with Crippen LogP contribution in [-0.4, -0.2) is 25.6 Å². The predicted molar refractivity (Wildman–Crippen MR) is 61.9 cm³/mol. The van der Waals surface area contributed by atoms with Crippen LogP contribution in [0.5, 0.6) is 0 Å². The predicted octanol–water partition coefficient (Wildman–Crippen LogP) is -1.20. The molecule has 0 saturated heterocycles. The van der Waals surface area contributed by atoms with Crippen LogP contribution in [0, 0.1) is 0 Å². The molecule has 2 heterocycles. The lowest BCUT2D eigenvalue weighted by molar-refractivity contribution is 0.723. The van der Waals surface area contributed by atoms with Gasteiger partial charge in [0, 0.05) is 20.1 Å². The smallest absolute Gasteiger partial charge is 0.329 e. The molecule has 16 heavy (non-hydrogen) atoms. The Hall–Kier alpha value is -1.60. The van der Waals surface area contributed by atoms with Gasteiger partial charge < -0.3 is 10.3 Å². The number of halogens is 1. The summed E-state index contributed by atoms with van der Waals surface area (Å²) in [5, 5.41) is 0. The van der Waals surface area contributed by atoms with Gasteiger partial charge in [-0.3, -0.25) is 14.3 Å². The Morgan fingerprint density at radius 3 is 2.81 bits per heavy atom. The fourth-order valence-electron chi connectivity index (χ4n) is 1.49. The van der Waals surface area contributed by atoms with Crippen molar-refractivity contribution in [2.75, 3.05) is 6.54 Å². The van der Waals surface area contributed by atoms with Crippen LogP contribution in [0.25, 0.3) is 11.2 Å². The Bertz CT molecular complexity index is 611. The molecule has 8 heteroatoms. The van der Waals surface area contributed by atoms with Crippen molar-refractivity contribution in [1.29, 1.82) is 0 Å². The molecule has 0 atom stereocenters. The van der Waals surface area contributed by atoms with Crippen molar-refractivity contribution in [2.24, 2.45) is 12.8 Å². The zero-order valence-electron chi connectivity index (χ0n) is 8.64. The van der Waals surface area contributed by atoms with Gasteiger partial charge in [-0.1, -0.05) is 0 Å². The summed E-state index contributed by atoms with van der Waals surface area (Å²) in [5.41, 5.74) is 5.25. The fraction of sp³-hybridized carbons (Fsp3) is 0.375. The monoisotopic (exact) mass is 245 g/mol. The first-order valence-corrected chi connectivity index (χ1v) is 4.49. The summed E-state index contributed by atoms with van der Waals surface area (Å²) in [6, 6.07) is 0. The maximum Gasteiger partial charge on any atom is 0.329 e. The van der Waals surface area contributed by atoms with Gasteiger partial charge in [-0.25, -0.2) is 9.78 Å². The van der Waals surface area contributed by atoms with E-state index in [1.54, 1.807) is 11.6 Å². The SMILES string of the molecule is Cl.Cn1c(=O)[nH]c(=O)c2c1ncn2CCN. The normalized spacial score (nSPS) is 10.4. The topological polar surface area (TPSA) is 98.7 Å². The Labute approximate surface area is 96.3 Å². The number of hydrogen-bond donors (Lipinski definition) is 2. The molecule has 88 valence electrons. The van der Waals surface area contributed by atoms with Gasteiger partial charge in [0.1, 0.15) is 0 Å². The van der Waals surface area contributed by atoms with Crippen LogP contribution < -0.4 is 17.0 Å². The van der Waals surface area contributed by atoms with Gasteiger partial charge in [-0.15, -0.1) is 12.4 Å². The molecule has 7 nitrogen and oxygen atoms in total. The lowest BCUT2D eigenvalue weighted by Gasteiger charge is -2.01. The highest BCUT2D eigenvalue weighted by Gasteiger charge is 2.10. The molecule has 0 spiro atoms. The molecule has 2 rings (SSSR count). The molecule has 0 fully saturated rings. The van der Waals surface area contributed by atoms with E-state index in [0.29, 0.717) is 24.3 Å². The molecule has 0 aliphatic heterocycles. The van der Waals surface area contributed by atoms with Crippen LogP contribution in [0.15, 0.2) is 15.9 Å². The Morgan fingerprint density at radius 2 is 2.19 bits per heavy atom. The summed E-state index contributed by atoms with van der Waals surface area (Å²) in [6.07, 6.45) is 1.51. The maximum absolute atomic E-state index is 11.5. The summed E-state index contributed by atoms with van der Waals surface area (Å²) < 4.78 is 2.93. The molecule has 0 bridgehead atoms. The van der Waals surface area contributed by atoms with Crippen LogP contribution in [0.1, 0.15) is 0 Å². The number of aromatic nitrogens is 4. The molecule has 0 aromatic carbocycles. The average Bonchev–Trinajstić information content (AvgIpc) is 2.59. The maximum atomic E-state index is 11.5. The Kier molecular flexibility index (Phi) is 3.51. The van der Waals surface area contributed by atoms with Crippen LogP contribution in [0.4, 0.5) is 0 Å². The molecule has 0 saturated carbocycles. The van der Waals surface area contributed by atoms with Crippen LogP contribution in [0.2, 0.25) is 0 Å². The van der Waals surface area contributed by atoms with E-state index < -0.39 is 11.2 Å². The third-order valence-corrected chi connectivity index (χ3v) is 2.25. The van der Waals surface area contributed by atoms with Gasteiger partial charge >= 0.3 is 5.69 Å². The highest BCUT2D eigenvalue weighted by Crippen LogP contribution is 2.03. The molecule has 0 unspecified atom stereocenters. The highest BCUT2D eigenvalue weighted by molar-refractivity contribution is 5.85. The summed E-state index contributed by atoms with van der Waals surface area (Å²) in [5.74, 6) is 0. The standard InChI is InChI=1S/C8H11N5O2.ClH/c1-12-6-5(7(14)11-8(12)15)13(3-2-9)4-10-6;/h4H,2-3,9H2,1H3,(H,11,14,15);1H. The van der Waals surface area contributed by atoms with E-state index in [0.717, 1.165) is 0 Å². The minimum absolute atomic E-state index is 0. The van der Waals surface area contributed by atoms with E-state index in [9.17, 15) is 9.59 Å². The largest absolute Gasteiger partial charge is 0.329 e. The molecular formula is C8H12ClN5O2. The Balaban J connectivity index is 0.00000128. The van der Waals surface area contributed by atoms with Gasteiger partial charge in [0.15, 0.2) is 11.2 Å². The van der Waals surface area contributed by atoms with Crippen molar-refractivity contribution in [3.05, 3.63) is 27.2 Å². The number of imidazole rings is 1. The zero-order chi connectivity index (χ0) is 11.0. The highest BCUT2D eigenvalue weighted by atomic mass is 35.5. The lowest BCUT2D eigenvalue weighted by Crippen LogP contribution is -2.29. The molecule has 0 amide bonds. The molecule has 0 radical (unpaired) electrons. The van der Waals surface area contributed by atoms with Gasteiger partial charge in [-0.05, 0) is 0 Å². The molecule has 3 N–H and O–H groups in total. The second kappa shape index (κ2) is 4.50. The second-order valence-electron chi connectivity index (χ2n) is 3.22. The third-order valence-electron chi connectivity index (χ3n) is 2.25. The number of hydrogen-bond acceptors (Lipinski definition) is 4. The van der Waals surface area contributed by atoms with Gasteiger partial charge in [0.2, 0.25) is 0 Å². The molecule has 2 aromatic heterocycles. The van der Waals surface area contributed by atoms with E-state index >= 15 is 0 Å². The Morgan fingerprint density at radius 1 is 1.50 bits per heavy atom. The number of nitrogens with zero attached hydrogens (tertiary/aromatic N) is 3. The van der Waals surface area contributed by atoms with E-state index in [-0.39, 0.29) is 12.4 Å². The van der Waals surface area contributed by atoms with Crippen molar-refractivity contribution in [2.45, 2.75) is 6.54 Å². The number of nitrogens with one attached hydrogen (secondary N) is 1. The zero-order valence-corrected chi connectivity index (χ0v) is 9.45. The van der Waals surface area contributed by atoms with Crippen molar-refractivity contribution < 1.29 is 0 Å². The van der Waals surface area contributed by atoms with Crippen molar-refractivity contribution in [3.8, 4) is 0 Å². The van der Waals surface area contributed by atoms with E-state index in [1.807, 2.05) is 0 Å². The van der Waals surface area contributed by atoms with E-state index in [1.165, 1.54) is 10.9 Å². The third kappa shape index (κ3) is 1.74. The summed E-state index contributed by atoms with van der Waals surface area (Å²) in [4.78, 5) is 29.0. The number of nitrogens with two attached hydrogens (primary N) is 1. The summed E-state index contributed by atoms with van der Waals surface area (Å²) in [7, 11) is 1.56. The molecule has 0 aliphatic carbocycles. The van der Waals surface area contributed by atoms with Crippen LogP contribution >= 0.6 is 12.4 Å². The molecule has 2 aromatic rings. The molecule has 0 aliphatic rings. The number of aromatic amines is 1. The minimum atomic E-state index is -0.467. The van der Waals surface area contributed by atoms with Crippen LogP contribution in [0.3, 0.4) is 0 Å². The summed E-state index contributed by atoms with van der Waals surface area (Å²) >= 11 is 0. The van der Waals surface area contributed by atoms with Gasteiger partial charge in [0.05, 0.1) is 6.33 Å². The lowest BCUT2D eigenvalue weighted by atomic mass is 10.5. The quantitative estimate of drug-likeness (QED) is 0.695. The van der Waals surface area contributed by atoms with Gasteiger partial charge in [0.25, 0.3) is 5.56 Å². The number of rotatable bonds is 2. The summed E-state index contributed by atoms with van der Waals surface area (Å²) in [6.45, 7) is 0.908. The minimum Gasteiger partial charge on any atom is -0.329 e. The first-order chi connectivity index (χ1) is 7.15. The number of aryl methyl sites for hydroxylation is 1. The first-order valence-electron chi connectivity index (χ1n) is 4.49. The van der Waals surface area contributed by atoms with E-state index in [4.69, 9.17) is 5.73 Å². The van der Waals surface area contributed by atoms with Gasteiger partial charge in [-0.2, -0.15) is 0 Å². The number of fused-ring (bicyclic) bond motifs is 1. The second-order valence-corrected chi connectivity index (χ2v) is 3.22. The fourth-order valence-corrected chi connectivity index (χ4v) is 1.49. The van der Waals surface area contributed by atoms with Crippen molar-refractivity contribution in [1.82, 2.24) is 19.1 Å². The first kappa shape index (κ1) is 12.5. The average molecular weight is 246 g/mol. The van der Waals surface area contributed by atoms with Crippen molar-refractivity contribution in [3.63, 3.8) is 0 Å². The van der Waals surface area contributed by atoms with E-state index in [2.05, 4.69) is 9.97 Å². The van der Waals surface area contributed by atoms with Crippen molar-refractivity contribution >= 4 is 23.6 Å². The van der Waals surface area contributed by atoms with Crippen LogP contribution in [-0.2, 0) is 13.6 Å². The number of H-pyrrole nitrogens is 1. The molecular weight excluding hydrogens is 234 g/mol.